The second-order valence-corrected chi connectivity index (χ2v) is 8.77. The molecule has 11 nitrogen and oxygen atoms in total. The van der Waals surface area contributed by atoms with Crippen LogP contribution in [-0.4, -0.2) is 72.0 Å². The monoisotopic (exact) mass is 473 g/mol. The maximum Gasteiger partial charge on any atom is 0.344 e. The zero-order valence-electron chi connectivity index (χ0n) is 19.4. The van der Waals surface area contributed by atoms with Gasteiger partial charge in [0.1, 0.15) is 18.8 Å². The average molecular weight is 474 g/mol. The number of hydrogen-bond donors (Lipinski definition) is 3. The van der Waals surface area contributed by atoms with E-state index in [0.29, 0.717) is 56.3 Å². The Balaban J connectivity index is 1.24. The van der Waals surface area contributed by atoms with Crippen molar-refractivity contribution in [2.75, 3.05) is 38.2 Å². The van der Waals surface area contributed by atoms with Gasteiger partial charge in [0.2, 0.25) is 11.8 Å². The fourth-order valence-corrected chi connectivity index (χ4v) is 4.53. The van der Waals surface area contributed by atoms with E-state index < -0.39 is 23.4 Å². The molecular formula is C23H31N5O6. The summed E-state index contributed by atoms with van der Waals surface area (Å²) in [6.45, 7) is 3.78. The minimum atomic E-state index is -0.885. The van der Waals surface area contributed by atoms with Gasteiger partial charge >= 0.3 is 6.03 Å². The van der Waals surface area contributed by atoms with Crippen LogP contribution in [0.2, 0.25) is 0 Å². The number of carbonyl (C=O) groups excluding carboxylic acids is 4. The molecule has 1 aromatic carbocycles. The summed E-state index contributed by atoms with van der Waals surface area (Å²) in [6, 6.07) is 4.62. The van der Waals surface area contributed by atoms with Gasteiger partial charge in [0.25, 0.3) is 5.91 Å². The molecule has 1 saturated heterocycles. The Bertz CT molecular complexity index is 961. The molecule has 34 heavy (non-hydrogen) atoms. The van der Waals surface area contributed by atoms with Gasteiger partial charge in [0.05, 0.1) is 6.54 Å². The van der Waals surface area contributed by atoms with Crippen LogP contribution in [0.25, 0.3) is 0 Å². The summed E-state index contributed by atoms with van der Waals surface area (Å²) in [5.74, 6) is 0.152. The maximum atomic E-state index is 12.8. The summed E-state index contributed by atoms with van der Waals surface area (Å²) in [7, 11) is 0. The molecule has 0 bridgehead atoms. The van der Waals surface area contributed by atoms with Gasteiger partial charge in [-0.1, -0.05) is 26.2 Å². The molecular weight excluding hydrogens is 442 g/mol. The first kappa shape index (κ1) is 23.8. The standard InChI is InChI=1S/C23H31N5O6/c1-2-27(15-20(30)24-16-6-7-17-18(14-16)34-13-12-33-17)11-8-19(29)26-28-21(31)23(25-22(28)32)9-4-3-5-10-23/h6-7,14H,2-5,8-13,15H2,1H3,(H,24,30)(H,25,32)(H,26,29). The predicted molar refractivity (Wildman–Crippen MR) is 122 cm³/mol. The molecule has 5 amide bonds. The number of imide groups is 1. The van der Waals surface area contributed by atoms with Gasteiger partial charge in [-0.05, 0) is 31.5 Å². The van der Waals surface area contributed by atoms with Crippen LogP contribution < -0.4 is 25.5 Å². The number of hydrazine groups is 1. The molecule has 184 valence electrons. The van der Waals surface area contributed by atoms with Crippen LogP contribution in [0.5, 0.6) is 11.5 Å². The largest absolute Gasteiger partial charge is 0.486 e. The van der Waals surface area contributed by atoms with Crippen LogP contribution in [-0.2, 0) is 14.4 Å². The van der Waals surface area contributed by atoms with Gasteiger partial charge in [0, 0.05) is 24.7 Å². The van der Waals surface area contributed by atoms with Crippen LogP contribution in [0.1, 0.15) is 45.4 Å². The number of amides is 5. The van der Waals surface area contributed by atoms with Gasteiger partial charge < -0.3 is 20.1 Å². The zero-order chi connectivity index (χ0) is 24.1. The Hall–Kier alpha value is -3.34. The minimum absolute atomic E-state index is 0.0369. The average Bonchev–Trinajstić information content (AvgIpc) is 3.05. The molecule has 3 aliphatic rings. The molecule has 0 unspecified atom stereocenters. The lowest BCUT2D eigenvalue weighted by Crippen LogP contribution is -2.51. The summed E-state index contributed by atoms with van der Waals surface area (Å²) in [5, 5.41) is 6.39. The van der Waals surface area contributed by atoms with E-state index in [2.05, 4.69) is 16.1 Å². The molecule has 2 heterocycles. The van der Waals surface area contributed by atoms with Crippen LogP contribution in [0, 0.1) is 0 Å². The number of ether oxygens (including phenoxy) is 2. The van der Waals surface area contributed by atoms with Crippen molar-refractivity contribution in [1.29, 1.82) is 0 Å². The van der Waals surface area contributed by atoms with Gasteiger partial charge in [0.15, 0.2) is 11.5 Å². The van der Waals surface area contributed by atoms with E-state index in [1.807, 2.05) is 6.92 Å². The van der Waals surface area contributed by atoms with E-state index in [1.54, 1.807) is 23.1 Å². The number of anilines is 1. The van der Waals surface area contributed by atoms with Crippen molar-refractivity contribution >= 4 is 29.4 Å². The number of carbonyl (C=O) groups is 4. The Morgan fingerprint density at radius 1 is 1.09 bits per heavy atom. The fourth-order valence-electron chi connectivity index (χ4n) is 4.53. The third kappa shape index (κ3) is 5.24. The molecule has 1 aromatic rings. The fraction of sp³-hybridized carbons (Fsp3) is 0.565. The number of likely N-dealkylation sites (N-methyl/N-ethyl adjacent to an activating group) is 1. The van der Waals surface area contributed by atoms with E-state index in [-0.39, 0.29) is 18.9 Å². The van der Waals surface area contributed by atoms with Gasteiger partial charge in [-0.2, -0.15) is 5.01 Å². The van der Waals surface area contributed by atoms with Crippen LogP contribution >= 0.6 is 0 Å². The molecule has 2 fully saturated rings. The number of rotatable bonds is 8. The number of nitrogens with zero attached hydrogens (tertiary/aromatic N) is 2. The highest BCUT2D eigenvalue weighted by Gasteiger charge is 2.52. The lowest BCUT2D eigenvalue weighted by atomic mass is 9.82. The molecule has 0 atom stereocenters. The second-order valence-electron chi connectivity index (χ2n) is 8.77. The number of fused-ring (bicyclic) bond motifs is 1. The molecule has 4 rings (SSSR count). The highest BCUT2D eigenvalue weighted by Crippen LogP contribution is 2.33. The van der Waals surface area contributed by atoms with Gasteiger partial charge in [-0.15, -0.1) is 0 Å². The van der Waals surface area contributed by atoms with E-state index in [1.165, 1.54) is 0 Å². The Morgan fingerprint density at radius 3 is 2.56 bits per heavy atom. The molecule has 3 N–H and O–H groups in total. The quantitative estimate of drug-likeness (QED) is 0.487. The molecule has 11 heteroatoms. The van der Waals surface area contributed by atoms with Crippen molar-refractivity contribution in [1.82, 2.24) is 20.7 Å². The number of nitrogens with one attached hydrogen (secondary N) is 3. The summed E-state index contributed by atoms with van der Waals surface area (Å²) in [6.07, 6.45) is 3.99. The van der Waals surface area contributed by atoms with E-state index >= 15 is 0 Å². The Morgan fingerprint density at radius 2 is 1.82 bits per heavy atom. The van der Waals surface area contributed by atoms with Crippen molar-refractivity contribution in [3.63, 3.8) is 0 Å². The first-order chi connectivity index (χ1) is 16.4. The van der Waals surface area contributed by atoms with Crippen molar-refractivity contribution in [2.45, 2.75) is 51.0 Å². The molecule has 1 spiro atoms. The first-order valence-corrected chi connectivity index (χ1v) is 11.8. The summed E-state index contributed by atoms with van der Waals surface area (Å²) >= 11 is 0. The van der Waals surface area contributed by atoms with E-state index in [9.17, 15) is 19.2 Å². The highest BCUT2D eigenvalue weighted by atomic mass is 16.6. The summed E-state index contributed by atoms with van der Waals surface area (Å²) in [4.78, 5) is 51.8. The lowest BCUT2D eigenvalue weighted by Gasteiger charge is -2.30. The third-order valence-corrected chi connectivity index (χ3v) is 6.40. The molecule has 1 saturated carbocycles. The normalized spacial score (nSPS) is 18.7. The van der Waals surface area contributed by atoms with Gasteiger partial charge in [-0.25, -0.2) is 4.79 Å². The maximum absolute atomic E-state index is 12.8. The minimum Gasteiger partial charge on any atom is -0.486 e. The third-order valence-electron chi connectivity index (χ3n) is 6.40. The second kappa shape index (κ2) is 10.3. The zero-order valence-corrected chi connectivity index (χ0v) is 19.4. The summed E-state index contributed by atoms with van der Waals surface area (Å²) in [5.41, 5.74) is 2.14. The van der Waals surface area contributed by atoms with E-state index in [4.69, 9.17) is 9.47 Å². The van der Waals surface area contributed by atoms with Crippen molar-refractivity contribution < 1.29 is 28.7 Å². The SMILES string of the molecule is CCN(CCC(=O)NN1C(=O)NC2(CCCCC2)C1=O)CC(=O)Nc1ccc2c(c1)OCCO2. The smallest absolute Gasteiger partial charge is 0.344 e. The Kier molecular flexibility index (Phi) is 7.20. The van der Waals surface area contributed by atoms with Gasteiger partial charge in [-0.3, -0.25) is 24.7 Å². The summed E-state index contributed by atoms with van der Waals surface area (Å²) < 4.78 is 11.0. The molecule has 2 aliphatic heterocycles. The van der Waals surface area contributed by atoms with Crippen molar-refractivity contribution in [3.05, 3.63) is 18.2 Å². The van der Waals surface area contributed by atoms with Crippen molar-refractivity contribution in [3.8, 4) is 11.5 Å². The highest BCUT2D eigenvalue weighted by molar-refractivity contribution is 6.08. The van der Waals surface area contributed by atoms with Crippen LogP contribution in [0.3, 0.4) is 0 Å². The topological polar surface area (TPSA) is 129 Å². The molecule has 0 radical (unpaired) electrons. The number of urea groups is 1. The molecule has 0 aromatic heterocycles. The molecule has 1 aliphatic carbocycles. The first-order valence-electron chi connectivity index (χ1n) is 11.8. The Labute approximate surface area is 198 Å². The van der Waals surface area contributed by atoms with E-state index in [0.717, 1.165) is 24.3 Å². The van der Waals surface area contributed by atoms with Crippen LogP contribution in [0.4, 0.5) is 10.5 Å². The number of hydrogen-bond acceptors (Lipinski definition) is 7. The van der Waals surface area contributed by atoms with Crippen molar-refractivity contribution in [2.24, 2.45) is 0 Å². The predicted octanol–water partition coefficient (Wildman–Crippen LogP) is 1.39. The number of benzene rings is 1. The lowest BCUT2D eigenvalue weighted by molar-refractivity contribution is -0.140. The van der Waals surface area contributed by atoms with Crippen LogP contribution in [0.15, 0.2) is 18.2 Å².